The third-order valence-corrected chi connectivity index (χ3v) is 4.32. The van der Waals surface area contributed by atoms with Gasteiger partial charge < -0.3 is 4.90 Å². The van der Waals surface area contributed by atoms with Crippen LogP contribution in [0, 0.1) is 22.2 Å². The molecule has 0 saturated carbocycles. The lowest BCUT2D eigenvalue weighted by molar-refractivity contribution is -0.127. The van der Waals surface area contributed by atoms with Gasteiger partial charge in [0.15, 0.2) is 0 Å². The van der Waals surface area contributed by atoms with Gasteiger partial charge in [-0.2, -0.15) is 5.26 Å². The van der Waals surface area contributed by atoms with Crippen LogP contribution in [0.5, 0.6) is 0 Å². The van der Waals surface area contributed by atoms with Crippen LogP contribution in [0.3, 0.4) is 0 Å². The molecule has 1 heterocycles. The first-order valence-corrected chi connectivity index (χ1v) is 8.01. The Balaban J connectivity index is 2.98. The third-order valence-electron chi connectivity index (χ3n) is 4.32. The van der Waals surface area contributed by atoms with Gasteiger partial charge >= 0.3 is 6.03 Å². The summed E-state index contributed by atoms with van der Waals surface area (Å²) in [5, 5.41) is 9.00. The van der Waals surface area contributed by atoms with E-state index in [9.17, 15) is 9.59 Å². The van der Waals surface area contributed by atoms with Gasteiger partial charge in [0.1, 0.15) is 0 Å². The predicted octanol–water partition coefficient (Wildman–Crippen LogP) is 3.41. The molecular weight excluding hydrogens is 278 g/mol. The van der Waals surface area contributed by atoms with Gasteiger partial charge in [0.05, 0.1) is 6.07 Å². The largest absolute Gasteiger partial charge is 0.327 e. The zero-order valence-electron chi connectivity index (χ0n) is 14.8. The number of hydrogen-bond donors (Lipinski definition) is 0. The van der Waals surface area contributed by atoms with E-state index in [1.54, 1.807) is 6.92 Å². The molecule has 1 saturated heterocycles. The quantitative estimate of drug-likeness (QED) is 0.782. The zero-order chi connectivity index (χ0) is 17.1. The fourth-order valence-electron chi connectivity index (χ4n) is 2.96. The van der Waals surface area contributed by atoms with Crippen molar-refractivity contribution in [1.82, 2.24) is 9.80 Å². The van der Waals surface area contributed by atoms with Crippen LogP contribution >= 0.6 is 0 Å². The summed E-state index contributed by atoms with van der Waals surface area (Å²) in [5.41, 5.74) is -0.261. The average Bonchev–Trinajstić information content (AvgIpc) is 2.75. The smallest absolute Gasteiger partial charge is 0.319 e. The molecule has 1 aliphatic heterocycles. The minimum absolute atomic E-state index is 0.0120. The number of carbonyl (C=O) groups is 2. The summed E-state index contributed by atoms with van der Waals surface area (Å²) in [6.07, 6.45) is 1.56. The van der Waals surface area contributed by atoms with Crippen LogP contribution in [-0.4, -0.2) is 40.9 Å². The molecule has 0 aliphatic carbocycles. The molecule has 1 fully saturated rings. The number of rotatable bonds is 5. The number of hydrogen-bond acceptors (Lipinski definition) is 3. The minimum atomic E-state index is -0.181. The van der Waals surface area contributed by atoms with Crippen molar-refractivity contribution >= 4 is 11.9 Å². The van der Waals surface area contributed by atoms with Gasteiger partial charge in [-0.15, -0.1) is 0 Å². The van der Waals surface area contributed by atoms with Crippen LogP contribution < -0.4 is 0 Å². The summed E-state index contributed by atoms with van der Waals surface area (Å²) in [6, 6.07) is 2.07. The van der Waals surface area contributed by atoms with Crippen molar-refractivity contribution < 1.29 is 9.59 Å². The van der Waals surface area contributed by atoms with E-state index in [1.165, 1.54) is 4.90 Å². The second kappa shape index (κ2) is 6.68. The van der Waals surface area contributed by atoms with Crippen LogP contribution in [0.4, 0.5) is 4.79 Å². The minimum Gasteiger partial charge on any atom is -0.319 e. The molecule has 1 unspecified atom stereocenters. The van der Waals surface area contributed by atoms with Crippen LogP contribution in [0.1, 0.15) is 60.8 Å². The number of urea groups is 1. The maximum absolute atomic E-state index is 12.6. The van der Waals surface area contributed by atoms with Gasteiger partial charge in [0.25, 0.3) is 0 Å². The van der Waals surface area contributed by atoms with E-state index < -0.39 is 0 Å². The molecule has 1 rings (SSSR count). The fraction of sp³-hybridized carbons (Fsp3) is 0.824. The Bertz CT molecular complexity index is 471. The number of imide groups is 1. The van der Waals surface area contributed by atoms with Crippen LogP contribution in [0.25, 0.3) is 0 Å². The zero-order valence-corrected chi connectivity index (χ0v) is 14.8. The van der Waals surface area contributed by atoms with E-state index in [-0.39, 0.29) is 28.8 Å². The van der Waals surface area contributed by atoms with E-state index in [4.69, 9.17) is 5.26 Å². The molecule has 0 spiro atoms. The van der Waals surface area contributed by atoms with E-state index in [0.717, 1.165) is 6.42 Å². The molecule has 0 aromatic rings. The Morgan fingerprint density at radius 3 is 2.32 bits per heavy atom. The van der Waals surface area contributed by atoms with Gasteiger partial charge in [0.2, 0.25) is 5.91 Å². The summed E-state index contributed by atoms with van der Waals surface area (Å²) in [6.45, 7) is 13.3. The van der Waals surface area contributed by atoms with Crippen LogP contribution in [-0.2, 0) is 4.79 Å². The molecule has 5 heteroatoms. The molecule has 0 radical (unpaired) electrons. The van der Waals surface area contributed by atoms with Gasteiger partial charge in [-0.1, -0.05) is 41.5 Å². The number of nitrogens with zero attached hydrogens (tertiary/aromatic N) is 3. The molecule has 5 nitrogen and oxygen atoms in total. The SMILES string of the molecule is CCC(=O)N1CCN(C(CC(C)(C)CC#N)C(C)(C)C)C1=O. The van der Waals surface area contributed by atoms with Gasteiger partial charge in [-0.05, 0) is 17.3 Å². The van der Waals surface area contributed by atoms with Gasteiger partial charge in [0, 0.05) is 32.0 Å². The third kappa shape index (κ3) is 4.22. The summed E-state index contributed by atoms with van der Waals surface area (Å²) in [7, 11) is 0. The molecule has 1 aliphatic rings. The molecular formula is C17H29N3O2. The van der Waals surface area contributed by atoms with Crippen molar-refractivity contribution in [2.75, 3.05) is 13.1 Å². The Kier molecular flexibility index (Phi) is 5.61. The molecule has 1 atom stereocenters. The maximum atomic E-state index is 12.6. The number of nitriles is 1. The van der Waals surface area contributed by atoms with Gasteiger partial charge in [-0.3, -0.25) is 9.69 Å². The summed E-state index contributed by atoms with van der Waals surface area (Å²) >= 11 is 0. The van der Waals surface area contributed by atoms with Crippen molar-refractivity contribution in [3.05, 3.63) is 0 Å². The molecule has 124 valence electrons. The maximum Gasteiger partial charge on any atom is 0.327 e. The second-order valence-corrected chi connectivity index (χ2v) is 7.96. The predicted molar refractivity (Wildman–Crippen MR) is 86.0 cm³/mol. The summed E-state index contributed by atoms with van der Waals surface area (Å²) < 4.78 is 0. The summed E-state index contributed by atoms with van der Waals surface area (Å²) in [4.78, 5) is 27.7. The standard InChI is InChI=1S/C17H29N3O2/c1-7-14(21)20-11-10-19(15(20)22)13(16(2,3)4)12-17(5,6)8-9-18/h13H,7-8,10-12H2,1-6H3. The lowest BCUT2D eigenvalue weighted by Crippen LogP contribution is -2.48. The average molecular weight is 307 g/mol. The van der Waals surface area contributed by atoms with Gasteiger partial charge in [-0.25, -0.2) is 4.79 Å². The lowest BCUT2D eigenvalue weighted by Gasteiger charge is -2.41. The highest BCUT2D eigenvalue weighted by atomic mass is 16.2. The van der Waals surface area contributed by atoms with E-state index >= 15 is 0 Å². The second-order valence-electron chi connectivity index (χ2n) is 7.96. The Morgan fingerprint density at radius 2 is 1.86 bits per heavy atom. The Hall–Kier alpha value is -1.57. The fourth-order valence-corrected chi connectivity index (χ4v) is 2.96. The topological polar surface area (TPSA) is 64.4 Å². The van der Waals surface area contributed by atoms with Crippen molar-refractivity contribution in [3.8, 4) is 6.07 Å². The highest BCUT2D eigenvalue weighted by molar-refractivity contribution is 5.95. The first kappa shape index (κ1) is 18.5. The molecule has 0 bridgehead atoms. The highest BCUT2D eigenvalue weighted by Gasteiger charge is 2.42. The Morgan fingerprint density at radius 1 is 1.27 bits per heavy atom. The van der Waals surface area contributed by atoms with Crippen LogP contribution in [0.2, 0.25) is 0 Å². The van der Waals surface area contributed by atoms with Crippen LogP contribution in [0.15, 0.2) is 0 Å². The van der Waals surface area contributed by atoms with Crippen molar-refractivity contribution in [3.63, 3.8) is 0 Å². The first-order valence-electron chi connectivity index (χ1n) is 8.01. The number of amides is 3. The van der Waals surface area contributed by atoms with Crippen molar-refractivity contribution in [1.29, 1.82) is 5.26 Å². The van der Waals surface area contributed by atoms with E-state index in [1.807, 2.05) is 4.90 Å². The highest BCUT2D eigenvalue weighted by Crippen LogP contribution is 2.37. The molecule has 0 N–H and O–H groups in total. The molecule has 22 heavy (non-hydrogen) atoms. The normalized spacial score (nSPS) is 17.6. The first-order chi connectivity index (χ1) is 10.0. The molecule has 0 aromatic carbocycles. The summed E-state index contributed by atoms with van der Waals surface area (Å²) in [5.74, 6) is -0.114. The Labute approximate surface area is 134 Å². The lowest BCUT2D eigenvalue weighted by atomic mass is 9.74. The van der Waals surface area contributed by atoms with Crippen molar-refractivity contribution in [2.45, 2.75) is 66.8 Å². The molecule has 3 amide bonds. The number of carbonyl (C=O) groups excluding carboxylic acids is 2. The van der Waals surface area contributed by atoms with Crippen molar-refractivity contribution in [2.24, 2.45) is 10.8 Å². The monoisotopic (exact) mass is 307 g/mol. The van der Waals surface area contributed by atoms with E-state index in [0.29, 0.717) is 25.9 Å². The molecule has 0 aromatic heterocycles. The van der Waals surface area contributed by atoms with E-state index in [2.05, 4.69) is 40.7 Å².